The van der Waals surface area contributed by atoms with Gasteiger partial charge in [-0.3, -0.25) is 14.2 Å². The van der Waals surface area contributed by atoms with Gasteiger partial charge in [0.25, 0.3) is 11.5 Å². The highest BCUT2D eigenvalue weighted by molar-refractivity contribution is 6.06. The van der Waals surface area contributed by atoms with Crippen molar-refractivity contribution in [2.24, 2.45) is 12.8 Å². The molecule has 2 aromatic rings. The topological polar surface area (TPSA) is 133 Å². The SMILES string of the molecule is CN(C(=O)c1nc(C(C)(C)N)n(C)c(=O)c1O)c1ccc(F)cc1.O. The third-order valence-corrected chi connectivity index (χ3v) is 3.56. The monoisotopic (exact) mass is 352 g/mol. The van der Waals surface area contributed by atoms with Gasteiger partial charge in [-0.1, -0.05) is 0 Å². The van der Waals surface area contributed by atoms with Gasteiger partial charge in [-0.25, -0.2) is 9.37 Å². The molecule has 25 heavy (non-hydrogen) atoms. The van der Waals surface area contributed by atoms with Crippen molar-refractivity contribution >= 4 is 11.6 Å². The molecule has 2 rings (SSSR count). The summed E-state index contributed by atoms with van der Waals surface area (Å²) in [5.74, 6) is -1.76. The smallest absolute Gasteiger partial charge is 0.296 e. The first-order valence-electron chi connectivity index (χ1n) is 7.17. The van der Waals surface area contributed by atoms with Gasteiger partial charge in [0.2, 0.25) is 5.75 Å². The molecule has 5 N–H and O–H groups in total. The lowest BCUT2D eigenvalue weighted by Gasteiger charge is -2.23. The molecule has 0 radical (unpaired) electrons. The van der Waals surface area contributed by atoms with E-state index in [0.29, 0.717) is 5.69 Å². The average molecular weight is 352 g/mol. The van der Waals surface area contributed by atoms with Crippen LogP contribution in [-0.2, 0) is 12.6 Å². The van der Waals surface area contributed by atoms with Crippen LogP contribution >= 0.6 is 0 Å². The van der Waals surface area contributed by atoms with Crippen molar-refractivity contribution in [1.82, 2.24) is 9.55 Å². The third-order valence-electron chi connectivity index (χ3n) is 3.56. The summed E-state index contributed by atoms with van der Waals surface area (Å²) >= 11 is 0. The minimum Gasteiger partial charge on any atom is -0.501 e. The number of hydrogen-bond donors (Lipinski definition) is 2. The molecule has 9 heteroatoms. The molecular weight excluding hydrogens is 331 g/mol. The number of benzene rings is 1. The zero-order chi connectivity index (χ0) is 18.2. The van der Waals surface area contributed by atoms with Crippen molar-refractivity contribution in [1.29, 1.82) is 0 Å². The number of carbonyl (C=O) groups excluding carboxylic acids is 1. The first kappa shape index (κ1) is 20.3. The van der Waals surface area contributed by atoms with Gasteiger partial charge in [-0.15, -0.1) is 0 Å². The fourth-order valence-electron chi connectivity index (χ4n) is 2.26. The van der Waals surface area contributed by atoms with Gasteiger partial charge in [0, 0.05) is 19.8 Å². The second kappa shape index (κ2) is 6.99. The second-order valence-corrected chi connectivity index (χ2v) is 6.06. The maximum Gasteiger partial charge on any atom is 0.296 e. The second-order valence-electron chi connectivity index (χ2n) is 6.06. The maximum atomic E-state index is 13.0. The summed E-state index contributed by atoms with van der Waals surface area (Å²) in [6, 6.07) is 5.20. The predicted molar refractivity (Wildman–Crippen MR) is 91.1 cm³/mol. The Morgan fingerprint density at radius 3 is 2.32 bits per heavy atom. The molecule has 1 aromatic carbocycles. The zero-order valence-electron chi connectivity index (χ0n) is 14.4. The number of aromatic hydroxyl groups is 1. The van der Waals surface area contributed by atoms with E-state index in [0.717, 1.165) is 9.47 Å². The summed E-state index contributed by atoms with van der Waals surface area (Å²) in [6.45, 7) is 3.26. The van der Waals surface area contributed by atoms with Crippen LogP contribution in [0.2, 0.25) is 0 Å². The number of hydrogen-bond acceptors (Lipinski definition) is 5. The van der Waals surface area contributed by atoms with E-state index in [1.54, 1.807) is 13.8 Å². The highest BCUT2D eigenvalue weighted by Crippen LogP contribution is 2.21. The van der Waals surface area contributed by atoms with Crippen LogP contribution in [0.1, 0.15) is 30.2 Å². The van der Waals surface area contributed by atoms with E-state index in [1.807, 2.05) is 0 Å². The van der Waals surface area contributed by atoms with E-state index in [2.05, 4.69) is 4.98 Å². The molecule has 1 heterocycles. The fourth-order valence-corrected chi connectivity index (χ4v) is 2.26. The molecule has 0 bridgehead atoms. The van der Waals surface area contributed by atoms with Crippen molar-refractivity contribution in [3.63, 3.8) is 0 Å². The van der Waals surface area contributed by atoms with Crippen LogP contribution in [0.15, 0.2) is 29.1 Å². The van der Waals surface area contributed by atoms with E-state index in [-0.39, 0.29) is 11.3 Å². The number of nitrogens with two attached hydrogens (primary N) is 1. The van der Waals surface area contributed by atoms with Gasteiger partial charge in [0.1, 0.15) is 11.6 Å². The number of halogens is 1. The molecule has 136 valence electrons. The Balaban J connectivity index is 0.00000312. The Morgan fingerprint density at radius 1 is 1.32 bits per heavy atom. The minimum atomic E-state index is -0.995. The molecule has 0 fully saturated rings. The molecule has 1 aromatic heterocycles. The van der Waals surface area contributed by atoms with E-state index < -0.39 is 34.3 Å². The van der Waals surface area contributed by atoms with E-state index >= 15 is 0 Å². The van der Waals surface area contributed by atoms with Crippen molar-refractivity contribution in [2.75, 3.05) is 11.9 Å². The van der Waals surface area contributed by atoms with Gasteiger partial charge in [-0.2, -0.15) is 0 Å². The number of anilines is 1. The summed E-state index contributed by atoms with van der Waals surface area (Å²) in [5.41, 5.74) is 4.20. The molecular formula is C16H21FN4O4. The van der Waals surface area contributed by atoms with Crippen LogP contribution in [0.3, 0.4) is 0 Å². The summed E-state index contributed by atoms with van der Waals surface area (Å²) < 4.78 is 14.1. The Hall–Kier alpha value is -2.78. The first-order valence-corrected chi connectivity index (χ1v) is 7.17. The molecule has 0 spiro atoms. The number of amides is 1. The van der Waals surface area contributed by atoms with Crippen LogP contribution in [0.5, 0.6) is 5.75 Å². The molecule has 0 aliphatic rings. The lowest BCUT2D eigenvalue weighted by atomic mass is 10.1. The summed E-state index contributed by atoms with van der Waals surface area (Å²) in [4.78, 5) is 30.0. The predicted octanol–water partition coefficient (Wildman–Crippen LogP) is 0.271. The average Bonchev–Trinajstić information content (AvgIpc) is 2.51. The molecule has 0 atom stereocenters. The van der Waals surface area contributed by atoms with Crippen molar-refractivity contribution < 1.29 is 19.8 Å². The van der Waals surface area contributed by atoms with Crippen LogP contribution < -0.4 is 16.2 Å². The standard InChI is InChI=1S/C16H19FN4O3.H2O/c1-16(2,18)15-19-11(12(22)14(24)21(15)4)13(23)20(3)10-7-5-9(17)6-8-10;/h5-8,22H,18H2,1-4H3;1H2. The van der Waals surface area contributed by atoms with Crippen molar-refractivity contribution in [2.45, 2.75) is 19.4 Å². The summed E-state index contributed by atoms with van der Waals surface area (Å²) in [6.07, 6.45) is 0. The number of nitrogens with zero attached hydrogens (tertiary/aromatic N) is 3. The van der Waals surface area contributed by atoms with Crippen LogP contribution in [0.4, 0.5) is 10.1 Å². The summed E-state index contributed by atoms with van der Waals surface area (Å²) in [5, 5.41) is 10.0. The Morgan fingerprint density at radius 2 is 1.84 bits per heavy atom. The minimum absolute atomic E-state index is 0. The normalized spacial score (nSPS) is 11.0. The molecule has 0 unspecified atom stereocenters. The van der Waals surface area contributed by atoms with Gasteiger partial charge in [-0.05, 0) is 38.1 Å². The number of aromatic nitrogens is 2. The van der Waals surface area contributed by atoms with Gasteiger partial charge >= 0.3 is 0 Å². The van der Waals surface area contributed by atoms with Gasteiger partial charge in [0.05, 0.1) is 5.54 Å². The number of rotatable bonds is 3. The van der Waals surface area contributed by atoms with Crippen LogP contribution in [0.25, 0.3) is 0 Å². The highest BCUT2D eigenvalue weighted by atomic mass is 19.1. The highest BCUT2D eigenvalue weighted by Gasteiger charge is 2.28. The van der Waals surface area contributed by atoms with Crippen LogP contribution in [-0.4, -0.2) is 33.1 Å². The van der Waals surface area contributed by atoms with Crippen LogP contribution in [0, 0.1) is 5.82 Å². The molecule has 1 amide bonds. The Bertz CT molecular complexity index is 841. The van der Waals surface area contributed by atoms with Crippen molar-refractivity contribution in [3.8, 4) is 5.75 Å². The van der Waals surface area contributed by atoms with E-state index in [9.17, 15) is 19.1 Å². The molecule has 0 saturated heterocycles. The molecule has 0 aliphatic heterocycles. The Kier molecular flexibility index (Phi) is 5.67. The largest absolute Gasteiger partial charge is 0.501 e. The third kappa shape index (κ3) is 3.83. The lowest BCUT2D eigenvalue weighted by molar-refractivity contribution is 0.0984. The van der Waals surface area contributed by atoms with E-state index in [4.69, 9.17) is 5.73 Å². The lowest BCUT2D eigenvalue weighted by Crippen LogP contribution is -2.39. The molecule has 8 nitrogen and oxygen atoms in total. The van der Waals surface area contributed by atoms with E-state index in [1.165, 1.54) is 38.4 Å². The van der Waals surface area contributed by atoms with Gasteiger partial charge in [0.15, 0.2) is 5.69 Å². The molecule has 0 aliphatic carbocycles. The Labute approximate surface area is 143 Å². The summed E-state index contributed by atoms with van der Waals surface area (Å²) in [7, 11) is 2.85. The number of carbonyl (C=O) groups is 1. The zero-order valence-corrected chi connectivity index (χ0v) is 14.4. The van der Waals surface area contributed by atoms with Crippen molar-refractivity contribution in [3.05, 3.63) is 52.0 Å². The first-order chi connectivity index (χ1) is 11.0. The van der Waals surface area contributed by atoms with Gasteiger partial charge < -0.3 is 21.2 Å². The fraction of sp³-hybridized carbons (Fsp3) is 0.312. The quantitative estimate of drug-likeness (QED) is 0.818. The molecule has 0 saturated carbocycles. The maximum absolute atomic E-state index is 13.0.